The Balaban J connectivity index is 1.72. The van der Waals surface area contributed by atoms with Crippen molar-refractivity contribution in [1.29, 1.82) is 0 Å². The molecule has 4 heteroatoms. The van der Waals surface area contributed by atoms with Crippen LogP contribution in [0.4, 0.5) is 0 Å². The molecule has 25 heavy (non-hydrogen) atoms. The van der Waals surface area contributed by atoms with E-state index in [1.165, 1.54) is 11.1 Å². The van der Waals surface area contributed by atoms with Crippen LogP contribution in [0.15, 0.2) is 53.3 Å². The highest BCUT2D eigenvalue weighted by atomic mass is 16.1. The molecule has 1 heterocycles. The van der Waals surface area contributed by atoms with Crippen molar-refractivity contribution in [3.63, 3.8) is 0 Å². The SMILES string of the molecule is CN(Cc1ccc(C(C)(C)C)cc1)Cc1nc2ccccc2c(=O)[nH]1. The van der Waals surface area contributed by atoms with E-state index >= 15 is 0 Å². The molecular formula is C21H25N3O. The van der Waals surface area contributed by atoms with Crippen LogP contribution in [0.2, 0.25) is 0 Å². The molecule has 3 rings (SSSR count). The first kappa shape index (κ1) is 17.4. The molecule has 4 nitrogen and oxygen atoms in total. The van der Waals surface area contributed by atoms with Gasteiger partial charge in [0, 0.05) is 6.54 Å². The Morgan fingerprint density at radius 1 is 1.00 bits per heavy atom. The van der Waals surface area contributed by atoms with E-state index in [1.54, 1.807) is 6.07 Å². The molecule has 0 unspecified atom stereocenters. The van der Waals surface area contributed by atoms with Gasteiger partial charge in [0.05, 0.1) is 17.4 Å². The van der Waals surface area contributed by atoms with Crippen molar-refractivity contribution in [2.75, 3.05) is 7.05 Å². The highest BCUT2D eigenvalue weighted by Gasteiger charge is 2.13. The Morgan fingerprint density at radius 3 is 2.36 bits per heavy atom. The topological polar surface area (TPSA) is 49.0 Å². The normalized spacial score (nSPS) is 12.0. The zero-order valence-corrected chi connectivity index (χ0v) is 15.3. The predicted octanol–water partition coefficient (Wildman–Crippen LogP) is 3.85. The fraction of sp³-hybridized carbons (Fsp3) is 0.333. The van der Waals surface area contributed by atoms with E-state index in [1.807, 2.05) is 25.2 Å². The largest absolute Gasteiger partial charge is 0.309 e. The average molecular weight is 335 g/mol. The maximum absolute atomic E-state index is 12.2. The van der Waals surface area contributed by atoms with E-state index in [0.717, 1.165) is 12.1 Å². The molecule has 3 aromatic rings. The summed E-state index contributed by atoms with van der Waals surface area (Å²) in [5, 5.41) is 0.631. The quantitative estimate of drug-likeness (QED) is 0.788. The summed E-state index contributed by atoms with van der Waals surface area (Å²) >= 11 is 0. The summed E-state index contributed by atoms with van der Waals surface area (Å²) in [6, 6.07) is 16.2. The minimum absolute atomic E-state index is 0.0801. The Bertz CT molecular complexity index is 920. The molecule has 0 atom stereocenters. The number of para-hydroxylation sites is 1. The standard InChI is InChI=1S/C21H25N3O/c1-21(2,3)16-11-9-15(10-12-16)13-24(4)14-19-22-18-8-6-5-7-17(18)20(25)23-19/h5-12H,13-14H2,1-4H3,(H,22,23,25). The van der Waals surface area contributed by atoms with Crippen LogP contribution >= 0.6 is 0 Å². The lowest BCUT2D eigenvalue weighted by molar-refractivity contribution is 0.310. The first-order valence-electron chi connectivity index (χ1n) is 8.59. The van der Waals surface area contributed by atoms with E-state index in [0.29, 0.717) is 17.8 Å². The molecule has 0 aliphatic heterocycles. The lowest BCUT2D eigenvalue weighted by atomic mass is 9.87. The number of rotatable bonds is 4. The van der Waals surface area contributed by atoms with Gasteiger partial charge in [0.15, 0.2) is 0 Å². The van der Waals surface area contributed by atoms with Gasteiger partial charge >= 0.3 is 0 Å². The molecule has 130 valence electrons. The molecule has 0 amide bonds. The smallest absolute Gasteiger partial charge is 0.258 e. The zero-order chi connectivity index (χ0) is 18.0. The molecule has 0 bridgehead atoms. The van der Waals surface area contributed by atoms with Gasteiger partial charge in [0.2, 0.25) is 0 Å². The summed E-state index contributed by atoms with van der Waals surface area (Å²) in [4.78, 5) is 21.8. The van der Waals surface area contributed by atoms with Crippen molar-refractivity contribution in [2.24, 2.45) is 0 Å². The molecule has 0 aliphatic rings. The van der Waals surface area contributed by atoms with Crippen LogP contribution in [-0.2, 0) is 18.5 Å². The van der Waals surface area contributed by atoms with Crippen molar-refractivity contribution < 1.29 is 0 Å². The minimum Gasteiger partial charge on any atom is -0.309 e. The van der Waals surface area contributed by atoms with Gasteiger partial charge < -0.3 is 4.98 Å². The Labute approximate surface area is 148 Å². The van der Waals surface area contributed by atoms with E-state index < -0.39 is 0 Å². The third-order valence-corrected chi connectivity index (χ3v) is 4.35. The van der Waals surface area contributed by atoms with Crippen LogP contribution in [0.1, 0.15) is 37.7 Å². The predicted molar refractivity (Wildman–Crippen MR) is 103 cm³/mol. The van der Waals surface area contributed by atoms with Crippen molar-refractivity contribution in [3.8, 4) is 0 Å². The molecule has 0 aliphatic carbocycles. The van der Waals surface area contributed by atoms with E-state index in [2.05, 4.69) is 59.9 Å². The molecule has 1 N–H and O–H groups in total. The first-order valence-corrected chi connectivity index (χ1v) is 8.59. The van der Waals surface area contributed by atoms with Gasteiger partial charge in [-0.15, -0.1) is 0 Å². The van der Waals surface area contributed by atoms with Crippen molar-refractivity contribution >= 4 is 10.9 Å². The number of aromatic nitrogens is 2. The second kappa shape index (κ2) is 6.81. The second-order valence-electron chi connectivity index (χ2n) is 7.65. The average Bonchev–Trinajstić information content (AvgIpc) is 2.54. The number of aromatic amines is 1. The van der Waals surface area contributed by atoms with Crippen LogP contribution in [0.3, 0.4) is 0 Å². The van der Waals surface area contributed by atoms with Gasteiger partial charge in [-0.05, 0) is 35.7 Å². The fourth-order valence-corrected chi connectivity index (χ4v) is 2.94. The number of hydrogen-bond donors (Lipinski definition) is 1. The van der Waals surface area contributed by atoms with Crippen molar-refractivity contribution in [3.05, 3.63) is 75.8 Å². The van der Waals surface area contributed by atoms with Gasteiger partial charge in [-0.25, -0.2) is 4.98 Å². The Kier molecular flexibility index (Phi) is 4.73. The number of fused-ring (bicyclic) bond motifs is 1. The van der Waals surface area contributed by atoms with E-state index in [-0.39, 0.29) is 11.0 Å². The van der Waals surface area contributed by atoms with Gasteiger partial charge in [0.25, 0.3) is 5.56 Å². The summed E-state index contributed by atoms with van der Waals surface area (Å²) < 4.78 is 0. The van der Waals surface area contributed by atoms with Crippen LogP contribution < -0.4 is 5.56 Å². The maximum Gasteiger partial charge on any atom is 0.258 e. The Hall–Kier alpha value is -2.46. The molecular weight excluding hydrogens is 310 g/mol. The Morgan fingerprint density at radius 2 is 1.68 bits per heavy atom. The van der Waals surface area contributed by atoms with Crippen LogP contribution in [0.25, 0.3) is 10.9 Å². The van der Waals surface area contributed by atoms with Gasteiger partial charge in [-0.3, -0.25) is 9.69 Å². The summed E-state index contributed by atoms with van der Waals surface area (Å²) in [6.45, 7) is 8.06. The van der Waals surface area contributed by atoms with Gasteiger partial charge in [-0.1, -0.05) is 57.2 Å². The van der Waals surface area contributed by atoms with Crippen molar-refractivity contribution in [1.82, 2.24) is 14.9 Å². The lowest BCUT2D eigenvalue weighted by Crippen LogP contribution is -2.22. The molecule has 0 saturated heterocycles. The third-order valence-electron chi connectivity index (χ3n) is 4.35. The van der Waals surface area contributed by atoms with Gasteiger partial charge in [-0.2, -0.15) is 0 Å². The molecule has 1 aromatic heterocycles. The highest BCUT2D eigenvalue weighted by molar-refractivity contribution is 5.77. The second-order valence-corrected chi connectivity index (χ2v) is 7.65. The monoisotopic (exact) mass is 335 g/mol. The summed E-state index contributed by atoms with van der Waals surface area (Å²) in [7, 11) is 2.03. The van der Waals surface area contributed by atoms with Gasteiger partial charge in [0.1, 0.15) is 5.82 Å². The van der Waals surface area contributed by atoms with E-state index in [4.69, 9.17) is 0 Å². The minimum atomic E-state index is -0.0801. The number of nitrogens with one attached hydrogen (secondary N) is 1. The maximum atomic E-state index is 12.2. The first-order chi connectivity index (χ1) is 11.8. The van der Waals surface area contributed by atoms with Crippen LogP contribution in [0, 0.1) is 0 Å². The molecule has 0 radical (unpaired) electrons. The zero-order valence-electron chi connectivity index (χ0n) is 15.3. The van der Waals surface area contributed by atoms with Crippen LogP contribution in [-0.4, -0.2) is 21.9 Å². The van der Waals surface area contributed by atoms with E-state index in [9.17, 15) is 4.79 Å². The fourth-order valence-electron chi connectivity index (χ4n) is 2.94. The molecule has 0 fully saturated rings. The highest BCUT2D eigenvalue weighted by Crippen LogP contribution is 2.22. The summed E-state index contributed by atoms with van der Waals surface area (Å²) in [5.41, 5.74) is 3.41. The van der Waals surface area contributed by atoms with Crippen LogP contribution in [0.5, 0.6) is 0 Å². The summed E-state index contributed by atoms with van der Waals surface area (Å²) in [5.74, 6) is 0.692. The number of H-pyrrole nitrogens is 1. The third kappa shape index (κ3) is 4.15. The molecule has 0 saturated carbocycles. The molecule has 2 aromatic carbocycles. The summed E-state index contributed by atoms with van der Waals surface area (Å²) in [6.07, 6.45) is 0. The molecule has 0 spiro atoms. The van der Waals surface area contributed by atoms with Crippen molar-refractivity contribution in [2.45, 2.75) is 39.3 Å². The number of benzene rings is 2. The number of nitrogens with zero attached hydrogens (tertiary/aromatic N) is 2. The lowest BCUT2D eigenvalue weighted by Gasteiger charge is -2.20. The number of hydrogen-bond acceptors (Lipinski definition) is 3.